The lowest BCUT2D eigenvalue weighted by Crippen LogP contribution is -2.21. The fraction of sp³-hybridized carbons (Fsp3) is 0.111. The summed E-state index contributed by atoms with van der Waals surface area (Å²) in [4.78, 5) is 17.2. The molecule has 14 heavy (non-hydrogen) atoms. The van der Waals surface area contributed by atoms with Crippen molar-refractivity contribution in [2.75, 3.05) is 0 Å². The van der Waals surface area contributed by atoms with Crippen LogP contribution in [0.1, 0.15) is 14.5 Å². The van der Waals surface area contributed by atoms with E-state index < -0.39 is 0 Å². The molecule has 0 atom stereocenters. The average molecular weight is 224 g/mol. The van der Waals surface area contributed by atoms with Gasteiger partial charge in [0, 0.05) is 11.1 Å². The number of thiophene rings is 1. The van der Waals surface area contributed by atoms with E-state index in [1.807, 2.05) is 17.5 Å². The van der Waals surface area contributed by atoms with Crippen LogP contribution in [0.4, 0.5) is 0 Å². The molecule has 0 saturated heterocycles. The van der Waals surface area contributed by atoms with E-state index in [0.717, 1.165) is 9.75 Å². The number of amides is 1. The first kappa shape index (κ1) is 9.36. The largest absolute Gasteiger partial charge is 0.346 e. The summed E-state index contributed by atoms with van der Waals surface area (Å²) in [5, 5.41) is 4.72. The van der Waals surface area contributed by atoms with Gasteiger partial charge in [0.15, 0.2) is 0 Å². The van der Waals surface area contributed by atoms with Gasteiger partial charge in [-0.2, -0.15) is 0 Å². The molecule has 0 radical (unpaired) electrons. The lowest BCUT2D eigenvalue weighted by Gasteiger charge is -1.99. The van der Waals surface area contributed by atoms with Gasteiger partial charge in [-0.3, -0.25) is 9.78 Å². The summed E-state index contributed by atoms with van der Waals surface area (Å²) < 4.78 is 0. The molecule has 0 bridgehead atoms. The zero-order chi connectivity index (χ0) is 9.80. The summed E-state index contributed by atoms with van der Waals surface area (Å²) in [7, 11) is 0. The van der Waals surface area contributed by atoms with Crippen LogP contribution in [0.3, 0.4) is 0 Å². The summed E-state index contributed by atoms with van der Waals surface area (Å²) in [6.07, 6.45) is 1.76. The standard InChI is InChI=1S/C9H8N2OS2/c12-9(8-2-1-3-13-8)11-5-7-4-10-6-14-7/h1-4,6H,5H2,(H,11,12). The minimum Gasteiger partial charge on any atom is -0.346 e. The summed E-state index contributed by atoms with van der Waals surface area (Å²) in [6, 6.07) is 3.68. The maximum absolute atomic E-state index is 11.5. The molecule has 0 aliphatic heterocycles. The van der Waals surface area contributed by atoms with E-state index >= 15 is 0 Å². The summed E-state index contributed by atoms with van der Waals surface area (Å²) >= 11 is 2.98. The van der Waals surface area contributed by atoms with Crippen LogP contribution < -0.4 is 5.32 Å². The fourth-order valence-corrected chi connectivity index (χ4v) is 2.17. The van der Waals surface area contributed by atoms with Crippen LogP contribution in [0, 0.1) is 0 Å². The highest BCUT2D eigenvalue weighted by molar-refractivity contribution is 7.12. The molecule has 2 aromatic heterocycles. The van der Waals surface area contributed by atoms with Crippen LogP contribution in [0.25, 0.3) is 0 Å². The lowest BCUT2D eigenvalue weighted by atomic mass is 10.4. The molecule has 0 unspecified atom stereocenters. The number of hydrogen-bond donors (Lipinski definition) is 1. The summed E-state index contributed by atoms with van der Waals surface area (Å²) in [6.45, 7) is 0.557. The molecule has 0 fully saturated rings. The predicted molar refractivity (Wildman–Crippen MR) is 57.6 cm³/mol. The number of aromatic nitrogens is 1. The maximum Gasteiger partial charge on any atom is 0.261 e. The highest BCUT2D eigenvalue weighted by Gasteiger charge is 2.05. The van der Waals surface area contributed by atoms with Crippen LogP contribution >= 0.6 is 22.7 Å². The van der Waals surface area contributed by atoms with Crippen LogP contribution in [0.2, 0.25) is 0 Å². The topological polar surface area (TPSA) is 42.0 Å². The van der Waals surface area contributed by atoms with Crippen LogP contribution in [-0.2, 0) is 6.54 Å². The Kier molecular flexibility index (Phi) is 2.90. The highest BCUT2D eigenvalue weighted by Crippen LogP contribution is 2.09. The first-order chi connectivity index (χ1) is 6.86. The SMILES string of the molecule is O=C(NCc1cncs1)c1cccs1. The van der Waals surface area contributed by atoms with Crippen molar-refractivity contribution in [2.24, 2.45) is 0 Å². The van der Waals surface area contributed by atoms with Gasteiger partial charge in [0.2, 0.25) is 0 Å². The van der Waals surface area contributed by atoms with E-state index in [-0.39, 0.29) is 5.91 Å². The van der Waals surface area contributed by atoms with Crippen LogP contribution in [0.5, 0.6) is 0 Å². The van der Waals surface area contributed by atoms with Gasteiger partial charge in [-0.15, -0.1) is 22.7 Å². The third-order valence-corrected chi connectivity index (χ3v) is 3.30. The Bertz CT molecular complexity index is 394. The number of carbonyl (C=O) groups is 1. The van der Waals surface area contributed by atoms with Crippen LogP contribution in [-0.4, -0.2) is 10.9 Å². The third kappa shape index (κ3) is 2.18. The Balaban J connectivity index is 1.90. The second kappa shape index (κ2) is 4.34. The van der Waals surface area contributed by atoms with E-state index in [2.05, 4.69) is 10.3 Å². The highest BCUT2D eigenvalue weighted by atomic mass is 32.1. The molecule has 0 spiro atoms. The van der Waals surface area contributed by atoms with Crippen LogP contribution in [0.15, 0.2) is 29.2 Å². The molecule has 1 amide bonds. The Labute approximate surface area is 89.4 Å². The van der Waals surface area contributed by atoms with E-state index in [1.165, 1.54) is 22.7 Å². The number of carbonyl (C=O) groups excluding carboxylic acids is 1. The molecular weight excluding hydrogens is 216 g/mol. The van der Waals surface area contributed by atoms with Gasteiger partial charge < -0.3 is 5.32 Å². The van der Waals surface area contributed by atoms with E-state index in [4.69, 9.17) is 0 Å². The number of nitrogens with zero attached hydrogens (tertiary/aromatic N) is 1. The Morgan fingerprint density at radius 3 is 3.07 bits per heavy atom. The molecule has 2 aromatic rings. The lowest BCUT2D eigenvalue weighted by molar-refractivity contribution is 0.0955. The number of nitrogens with one attached hydrogen (secondary N) is 1. The summed E-state index contributed by atoms with van der Waals surface area (Å²) in [5.41, 5.74) is 1.76. The zero-order valence-electron chi connectivity index (χ0n) is 7.27. The first-order valence-corrected chi connectivity index (χ1v) is 5.81. The van der Waals surface area contributed by atoms with Gasteiger partial charge in [-0.1, -0.05) is 6.07 Å². The number of thiazole rings is 1. The van der Waals surface area contributed by atoms with E-state index in [9.17, 15) is 4.79 Å². The van der Waals surface area contributed by atoms with E-state index in [1.54, 1.807) is 11.7 Å². The van der Waals surface area contributed by atoms with Crippen molar-refractivity contribution < 1.29 is 4.79 Å². The minimum atomic E-state index is -0.0200. The molecule has 1 N–H and O–H groups in total. The molecule has 3 nitrogen and oxygen atoms in total. The van der Waals surface area contributed by atoms with Gasteiger partial charge in [0.25, 0.3) is 5.91 Å². The third-order valence-electron chi connectivity index (χ3n) is 1.65. The molecule has 0 aliphatic rings. The molecule has 0 aromatic carbocycles. The molecular formula is C9H8N2OS2. The summed E-state index contributed by atoms with van der Waals surface area (Å²) in [5.74, 6) is -0.0200. The van der Waals surface area contributed by atoms with Crippen molar-refractivity contribution in [1.29, 1.82) is 0 Å². The Morgan fingerprint density at radius 2 is 2.43 bits per heavy atom. The van der Waals surface area contributed by atoms with Gasteiger partial charge in [-0.05, 0) is 11.4 Å². The quantitative estimate of drug-likeness (QED) is 0.867. The smallest absolute Gasteiger partial charge is 0.261 e. The van der Waals surface area contributed by atoms with Gasteiger partial charge in [0.05, 0.1) is 16.9 Å². The molecule has 0 saturated carbocycles. The van der Waals surface area contributed by atoms with Crippen molar-refractivity contribution in [3.05, 3.63) is 39.0 Å². The zero-order valence-corrected chi connectivity index (χ0v) is 8.90. The van der Waals surface area contributed by atoms with Crippen molar-refractivity contribution >= 4 is 28.6 Å². The van der Waals surface area contributed by atoms with Gasteiger partial charge in [-0.25, -0.2) is 0 Å². The second-order valence-corrected chi connectivity index (χ2v) is 4.55. The fourth-order valence-electron chi connectivity index (χ4n) is 0.992. The Hall–Kier alpha value is -1.20. The molecule has 0 aliphatic carbocycles. The van der Waals surface area contributed by atoms with E-state index in [0.29, 0.717) is 6.54 Å². The Morgan fingerprint density at radius 1 is 1.50 bits per heavy atom. The number of hydrogen-bond acceptors (Lipinski definition) is 4. The average Bonchev–Trinajstić information content (AvgIpc) is 2.87. The predicted octanol–water partition coefficient (Wildman–Crippen LogP) is 2.13. The molecule has 2 heterocycles. The molecule has 5 heteroatoms. The van der Waals surface area contributed by atoms with Crippen molar-refractivity contribution in [3.8, 4) is 0 Å². The minimum absolute atomic E-state index is 0.0200. The van der Waals surface area contributed by atoms with Crippen molar-refractivity contribution in [1.82, 2.24) is 10.3 Å². The maximum atomic E-state index is 11.5. The monoisotopic (exact) mass is 224 g/mol. The molecule has 72 valence electrons. The van der Waals surface area contributed by atoms with Crippen molar-refractivity contribution in [2.45, 2.75) is 6.54 Å². The number of rotatable bonds is 3. The van der Waals surface area contributed by atoms with Crippen molar-refractivity contribution in [3.63, 3.8) is 0 Å². The normalized spacial score (nSPS) is 10.0. The van der Waals surface area contributed by atoms with Gasteiger partial charge in [0.1, 0.15) is 0 Å². The molecule has 2 rings (SSSR count). The van der Waals surface area contributed by atoms with Gasteiger partial charge >= 0.3 is 0 Å². The first-order valence-electron chi connectivity index (χ1n) is 4.05. The second-order valence-electron chi connectivity index (χ2n) is 2.63.